The van der Waals surface area contributed by atoms with Crippen LogP contribution in [0.5, 0.6) is 0 Å². The molecular formula is C17H26N2O. The van der Waals surface area contributed by atoms with Gasteiger partial charge >= 0.3 is 0 Å². The second kappa shape index (κ2) is 6.89. The van der Waals surface area contributed by atoms with E-state index in [0.717, 1.165) is 17.2 Å². The minimum absolute atomic E-state index is 0.0460. The van der Waals surface area contributed by atoms with Crippen molar-refractivity contribution in [3.63, 3.8) is 0 Å². The summed E-state index contributed by atoms with van der Waals surface area (Å²) in [5, 5.41) is 6.40. The molecule has 3 nitrogen and oxygen atoms in total. The lowest BCUT2D eigenvalue weighted by molar-refractivity contribution is -0.115. The molecule has 1 amide bonds. The highest BCUT2D eigenvalue weighted by atomic mass is 16.1. The van der Waals surface area contributed by atoms with Gasteiger partial charge in [-0.3, -0.25) is 4.79 Å². The van der Waals surface area contributed by atoms with Gasteiger partial charge in [-0.15, -0.1) is 0 Å². The van der Waals surface area contributed by atoms with E-state index in [9.17, 15) is 4.79 Å². The van der Waals surface area contributed by atoms with E-state index < -0.39 is 0 Å². The maximum absolute atomic E-state index is 12.0. The molecular weight excluding hydrogens is 248 g/mol. The van der Waals surface area contributed by atoms with Gasteiger partial charge in [0.05, 0.1) is 6.54 Å². The molecule has 0 bridgehead atoms. The molecule has 0 aromatic heterocycles. The SMILES string of the molecule is Cc1ccccc1NC(=O)CNC1CCCC(C)C1C. The Hall–Kier alpha value is -1.35. The van der Waals surface area contributed by atoms with Gasteiger partial charge in [-0.2, -0.15) is 0 Å². The van der Waals surface area contributed by atoms with Gasteiger partial charge in [-0.1, -0.05) is 44.9 Å². The van der Waals surface area contributed by atoms with Crippen LogP contribution in [0.1, 0.15) is 38.7 Å². The molecule has 0 heterocycles. The molecule has 1 saturated carbocycles. The van der Waals surface area contributed by atoms with E-state index in [1.807, 2.05) is 31.2 Å². The van der Waals surface area contributed by atoms with E-state index in [1.165, 1.54) is 19.3 Å². The van der Waals surface area contributed by atoms with Crippen LogP contribution in [0.2, 0.25) is 0 Å². The lowest BCUT2D eigenvalue weighted by Crippen LogP contribution is -2.43. The molecule has 3 unspecified atom stereocenters. The van der Waals surface area contributed by atoms with Crippen molar-refractivity contribution in [1.29, 1.82) is 0 Å². The van der Waals surface area contributed by atoms with Gasteiger partial charge in [0.2, 0.25) is 5.91 Å². The van der Waals surface area contributed by atoms with Crippen LogP contribution < -0.4 is 10.6 Å². The van der Waals surface area contributed by atoms with Crippen molar-refractivity contribution in [2.75, 3.05) is 11.9 Å². The summed E-state index contributed by atoms with van der Waals surface area (Å²) in [6.07, 6.45) is 3.76. The zero-order valence-corrected chi connectivity index (χ0v) is 12.8. The molecule has 1 aromatic carbocycles. The second-order valence-corrected chi connectivity index (χ2v) is 6.12. The fourth-order valence-electron chi connectivity index (χ4n) is 3.00. The van der Waals surface area contributed by atoms with Crippen molar-refractivity contribution >= 4 is 11.6 Å². The van der Waals surface area contributed by atoms with Crippen LogP contribution in [-0.2, 0) is 4.79 Å². The number of rotatable bonds is 4. The number of nitrogens with one attached hydrogen (secondary N) is 2. The Kier molecular flexibility index (Phi) is 5.18. The van der Waals surface area contributed by atoms with Crippen molar-refractivity contribution in [1.82, 2.24) is 5.32 Å². The second-order valence-electron chi connectivity index (χ2n) is 6.12. The maximum atomic E-state index is 12.0. The van der Waals surface area contributed by atoms with E-state index in [4.69, 9.17) is 0 Å². The molecule has 0 saturated heterocycles. The quantitative estimate of drug-likeness (QED) is 0.884. The van der Waals surface area contributed by atoms with E-state index in [0.29, 0.717) is 18.5 Å². The normalized spacial score (nSPS) is 26.2. The summed E-state index contributed by atoms with van der Waals surface area (Å²) in [5.74, 6) is 1.44. The number of hydrogen-bond donors (Lipinski definition) is 2. The van der Waals surface area contributed by atoms with E-state index in [1.54, 1.807) is 0 Å². The smallest absolute Gasteiger partial charge is 0.238 e. The Morgan fingerprint density at radius 3 is 2.75 bits per heavy atom. The number of carbonyl (C=O) groups is 1. The molecule has 2 rings (SSSR count). The third-order valence-corrected chi connectivity index (χ3v) is 4.65. The van der Waals surface area contributed by atoms with Crippen LogP contribution in [0.4, 0.5) is 5.69 Å². The van der Waals surface area contributed by atoms with Crippen LogP contribution in [0.25, 0.3) is 0 Å². The van der Waals surface area contributed by atoms with E-state index >= 15 is 0 Å². The van der Waals surface area contributed by atoms with Gasteiger partial charge in [0, 0.05) is 11.7 Å². The lowest BCUT2D eigenvalue weighted by atomic mass is 9.78. The molecule has 1 aliphatic rings. The number of para-hydroxylation sites is 1. The number of aryl methyl sites for hydroxylation is 1. The molecule has 0 spiro atoms. The predicted octanol–water partition coefficient (Wildman–Crippen LogP) is 3.35. The zero-order chi connectivity index (χ0) is 14.5. The molecule has 2 N–H and O–H groups in total. The van der Waals surface area contributed by atoms with Crippen molar-refractivity contribution in [3.05, 3.63) is 29.8 Å². The molecule has 3 heteroatoms. The van der Waals surface area contributed by atoms with Crippen LogP contribution in [0.15, 0.2) is 24.3 Å². The first kappa shape index (κ1) is 15.0. The molecule has 1 aliphatic carbocycles. The number of carbonyl (C=O) groups excluding carboxylic acids is 1. The first-order valence-electron chi connectivity index (χ1n) is 7.67. The van der Waals surface area contributed by atoms with E-state index in [2.05, 4.69) is 24.5 Å². The molecule has 3 atom stereocenters. The fourth-order valence-corrected chi connectivity index (χ4v) is 3.00. The Morgan fingerprint density at radius 2 is 2.00 bits per heavy atom. The van der Waals surface area contributed by atoms with Crippen LogP contribution in [-0.4, -0.2) is 18.5 Å². The summed E-state index contributed by atoms with van der Waals surface area (Å²) in [7, 11) is 0. The summed E-state index contributed by atoms with van der Waals surface area (Å²) < 4.78 is 0. The molecule has 0 aliphatic heterocycles. The molecule has 1 fully saturated rings. The third-order valence-electron chi connectivity index (χ3n) is 4.65. The number of amides is 1. The predicted molar refractivity (Wildman–Crippen MR) is 83.8 cm³/mol. The summed E-state index contributed by atoms with van der Waals surface area (Å²) >= 11 is 0. The summed E-state index contributed by atoms with van der Waals surface area (Å²) in [4.78, 5) is 12.0. The highest BCUT2D eigenvalue weighted by Gasteiger charge is 2.26. The highest BCUT2D eigenvalue weighted by molar-refractivity contribution is 5.92. The average Bonchev–Trinajstić information content (AvgIpc) is 2.43. The minimum Gasteiger partial charge on any atom is -0.325 e. The van der Waals surface area contributed by atoms with Gasteiger partial charge in [0.1, 0.15) is 0 Å². The summed E-state index contributed by atoms with van der Waals surface area (Å²) in [5.41, 5.74) is 2.00. The molecule has 0 radical (unpaired) electrons. The van der Waals surface area contributed by atoms with Crippen molar-refractivity contribution in [3.8, 4) is 0 Å². The van der Waals surface area contributed by atoms with Gasteiger partial charge < -0.3 is 10.6 Å². The molecule has 1 aromatic rings. The monoisotopic (exact) mass is 274 g/mol. The van der Waals surface area contributed by atoms with Gasteiger partial charge in [-0.25, -0.2) is 0 Å². The first-order chi connectivity index (χ1) is 9.58. The first-order valence-corrected chi connectivity index (χ1v) is 7.67. The standard InChI is InChI=1S/C17H26N2O/c1-12-8-6-10-16(14(12)3)18-11-17(20)19-15-9-5-4-7-13(15)2/h4-5,7,9,12,14,16,18H,6,8,10-11H2,1-3H3,(H,19,20). The fraction of sp³-hybridized carbons (Fsp3) is 0.588. The van der Waals surface area contributed by atoms with Gasteiger partial charge in [0.15, 0.2) is 0 Å². The summed E-state index contributed by atoms with van der Waals surface area (Å²) in [6.45, 7) is 7.01. The number of benzene rings is 1. The lowest BCUT2D eigenvalue weighted by Gasteiger charge is -2.34. The third kappa shape index (κ3) is 3.83. The Balaban J connectivity index is 1.82. The highest BCUT2D eigenvalue weighted by Crippen LogP contribution is 2.29. The molecule has 110 valence electrons. The largest absolute Gasteiger partial charge is 0.325 e. The Morgan fingerprint density at radius 1 is 1.25 bits per heavy atom. The van der Waals surface area contributed by atoms with Crippen molar-refractivity contribution in [2.45, 2.75) is 46.1 Å². The van der Waals surface area contributed by atoms with Crippen LogP contribution in [0.3, 0.4) is 0 Å². The Labute approximate surface area is 122 Å². The van der Waals surface area contributed by atoms with Gasteiger partial charge in [0.25, 0.3) is 0 Å². The maximum Gasteiger partial charge on any atom is 0.238 e. The molecule has 20 heavy (non-hydrogen) atoms. The van der Waals surface area contributed by atoms with Crippen molar-refractivity contribution < 1.29 is 4.79 Å². The summed E-state index contributed by atoms with van der Waals surface area (Å²) in [6, 6.07) is 8.35. The average molecular weight is 274 g/mol. The number of hydrogen-bond acceptors (Lipinski definition) is 2. The van der Waals surface area contributed by atoms with E-state index in [-0.39, 0.29) is 5.91 Å². The van der Waals surface area contributed by atoms with Crippen molar-refractivity contribution in [2.24, 2.45) is 11.8 Å². The number of anilines is 1. The minimum atomic E-state index is 0.0460. The van der Waals surface area contributed by atoms with Gasteiger partial charge in [-0.05, 0) is 36.8 Å². The zero-order valence-electron chi connectivity index (χ0n) is 12.8. The topological polar surface area (TPSA) is 41.1 Å². The van der Waals surface area contributed by atoms with Crippen LogP contribution in [0, 0.1) is 18.8 Å². The van der Waals surface area contributed by atoms with Crippen LogP contribution >= 0.6 is 0 Å². The Bertz CT molecular complexity index is 458.